The van der Waals surface area contributed by atoms with Gasteiger partial charge in [0, 0.05) is 5.56 Å². The van der Waals surface area contributed by atoms with Crippen molar-refractivity contribution >= 4 is 44.8 Å². The summed E-state index contributed by atoms with van der Waals surface area (Å²) in [4.78, 5) is 22.8. The summed E-state index contributed by atoms with van der Waals surface area (Å²) in [7, 11) is 0. The Hall–Kier alpha value is -1.73. The van der Waals surface area contributed by atoms with Crippen LogP contribution in [0.2, 0.25) is 0 Å². The molecule has 0 radical (unpaired) electrons. The van der Waals surface area contributed by atoms with Crippen molar-refractivity contribution in [1.82, 2.24) is 0 Å². The van der Waals surface area contributed by atoms with Gasteiger partial charge >= 0.3 is 5.97 Å². The Kier molecular flexibility index (Phi) is 3.96. The maximum Gasteiger partial charge on any atom is 0.348 e. The Morgan fingerprint density at radius 3 is 2.68 bits per heavy atom. The standard InChI is InChI=1S/C12H7BrFNO3S/c13-7-2-1-6(5-8(7)14)11(16)15-9-3-4-19-10(9)12(17)18/h1-5H,(H,15,16)(H,17,18). The molecule has 0 saturated heterocycles. The van der Waals surface area contributed by atoms with Crippen LogP contribution in [0.15, 0.2) is 34.1 Å². The van der Waals surface area contributed by atoms with Crippen molar-refractivity contribution in [1.29, 1.82) is 0 Å². The van der Waals surface area contributed by atoms with Gasteiger partial charge in [-0.3, -0.25) is 4.79 Å². The SMILES string of the molecule is O=C(Nc1ccsc1C(=O)O)c1ccc(Br)c(F)c1. The maximum atomic E-state index is 13.3. The molecule has 7 heteroatoms. The minimum atomic E-state index is -1.12. The Labute approximate surface area is 120 Å². The third-order valence-corrected chi connectivity index (χ3v) is 3.83. The van der Waals surface area contributed by atoms with E-state index in [2.05, 4.69) is 21.2 Å². The largest absolute Gasteiger partial charge is 0.477 e. The Bertz CT molecular complexity index is 656. The molecular weight excluding hydrogens is 337 g/mol. The fourth-order valence-corrected chi connectivity index (χ4v) is 2.34. The molecule has 0 saturated carbocycles. The van der Waals surface area contributed by atoms with Crippen molar-refractivity contribution in [2.24, 2.45) is 0 Å². The van der Waals surface area contributed by atoms with Crippen molar-refractivity contribution < 1.29 is 19.1 Å². The Balaban J connectivity index is 2.23. The number of hydrogen-bond donors (Lipinski definition) is 2. The van der Waals surface area contributed by atoms with Gasteiger partial charge in [0.25, 0.3) is 5.91 Å². The van der Waals surface area contributed by atoms with E-state index in [4.69, 9.17) is 5.11 Å². The molecule has 0 spiro atoms. The number of halogens is 2. The van der Waals surface area contributed by atoms with Gasteiger partial charge in [-0.1, -0.05) is 0 Å². The highest BCUT2D eigenvalue weighted by Gasteiger charge is 2.15. The zero-order valence-corrected chi connectivity index (χ0v) is 11.7. The molecule has 1 aromatic carbocycles. The topological polar surface area (TPSA) is 66.4 Å². The lowest BCUT2D eigenvalue weighted by Crippen LogP contribution is -2.13. The summed E-state index contributed by atoms with van der Waals surface area (Å²) in [6.07, 6.45) is 0. The number of thiophene rings is 1. The minimum Gasteiger partial charge on any atom is -0.477 e. The summed E-state index contributed by atoms with van der Waals surface area (Å²) in [5.41, 5.74) is 0.314. The highest BCUT2D eigenvalue weighted by atomic mass is 79.9. The third kappa shape index (κ3) is 2.99. The summed E-state index contributed by atoms with van der Waals surface area (Å²) in [6.45, 7) is 0. The second-order valence-electron chi connectivity index (χ2n) is 3.55. The van der Waals surface area contributed by atoms with Crippen LogP contribution in [0.1, 0.15) is 20.0 Å². The summed E-state index contributed by atoms with van der Waals surface area (Å²) < 4.78 is 13.6. The van der Waals surface area contributed by atoms with Gasteiger partial charge in [0.15, 0.2) is 0 Å². The zero-order chi connectivity index (χ0) is 14.0. The zero-order valence-electron chi connectivity index (χ0n) is 9.31. The number of carboxylic acid groups (broad SMARTS) is 1. The average molecular weight is 344 g/mol. The van der Waals surface area contributed by atoms with Crippen LogP contribution in [0.25, 0.3) is 0 Å². The molecule has 98 valence electrons. The molecule has 1 amide bonds. The number of nitrogens with one attached hydrogen (secondary N) is 1. The number of carbonyl (C=O) groups excluding carboxylic acids is 1. The summed E-state index contributed by atoms with van der Waals surface area (Å²) in [5.74, 6) is -2.24. The predicted molar refractivity (Wildman–Crippen MR) is 73.3 cm³/mol. The molecule has 1 heterocycles. The van der Waals surface area contributed by atoms with Crippen LogP contribution in [0.3, 0.4) is 0 Å². The van der Waals surface area contributed by atoms with Crippen molar-refractivity contribution in [3.8, 4) is 0 Å². The van der Waals surface area contributed by atoms with E-state index >= 15 is 0 Å². The Morgan fingerprint density at radius 2 is 2.05 bits per heavy atom. The molecule has 2 rings (SSSR count). The minimum absolute atomic E-state index is 0.0333. The van der Waals surface area contributed by atoms with Crippen molar-refractivity contribution in [2.45, 2.75) is 0 Å². The van der Waals surface area contributed by atoms with Crippen LogP contribution in [-0.4, -0.2) is 17.0 Å². The van der Waals surface area contributed by atoms with E-state index in [9.17, 15) is 14.0 Å². The number of rotatable bonds is 3. The molecule has 1 aromatic heterocycles. The first-order valence-corrected chi connectivity index (χ1v) is 6.73. The lowest BCUT2D eigenvalue weighted by atomic mass is 10.2. The van der Waals surface area contributed by atoms with Gasteiger partial charge in [0.1, 0.15) is 10.7 Å². The summed E-state index contributed by atoms with van der Waals surface area (Å²) in [6, 6.07) is 5.42. The van der Waals surface area contributed by atoms with E-state index in [1.54, 1.807) is 5.38 Å². The van der Waals surface area contributed by atoms with E-state index < -0.39 is 17.7 Å². The summed E-state index contributed by atoms with van der Waals surface area (Å²) in [5, 5.41) is 12.9. The molecular formula is C12H7BrFNO3S. The van der Waals surface area contributed by atoms with Gasteiger partial charge in [0.05, 0.1) is 10.2 Å². The molecule has 0 bridgehead atoms. The van der Waals surface area contributed by atoms with Gasteiger partial charge in [-0.2, -0.15) is 0 Å². The fraction of sp³-hybridized carbons (Fsp3) is 0. The number of amides is 1. The maximum absolute atomic E-state index is 13.3. The first-order valence-electron chi connectivity index (χ1n) is 5.06. The molecule has 0 fully saturated rings. The van der Waals surface area contributed by atoms with Crippen molar-refractivity contribution in [3.63, 3.8) is 0 Å². The second kappa shape index (κ2) is 5.50. The van der Waals surface area contributed by atoms with E-state index in [0.29, 0.717) is 0 Å². The lowest BCUT2D eigenvalue weighted by molar-refractivity contribution is 0.0703. The van der Waals surface area contributed by atoms with Gasteiger partial charge in [0.2, 0.25) is 0 Å². The molecule has 0 atom stereocenters. The van der Waals surface area contributed by atoms with E-state index in [-0.39, 0.29) is 20.6 Å². The molecule has 4 nitrogen and oxygen atoms in total. The van der Waals surface area contributed by atoms with Crippen LogP contribution in [-0.2, 0) is 0 Å². The van der Waals surface area contributed by atoms with Gasteiger partial charge in [-0.25, -0.2) is 9.18 Å². The van der Waals surface area contributed by atoms with Crippen LogP contribution >= 0.6 is 27.3 Å². The molecule has 0 aliphatic carbocycles. The fourth-order valence-electron chi connectivity index (χ4n) is 1.41. The van der Waals surface area contributed by atoms with Crippen LogP contribution in [0, 0.1) is 5.82 Å². The predicted octanol–water partition coefficient (Wildman–Crippen LogP) is 3.60. The smallest absolute Gasteiger partial charge is 0.348 e. The molecule has 19 heavy (non-hydrogen) atoms. The number of carboxylic acids is 1. The van der Waals surface area contributed by atoms with E-state index in [1.165, 1.54) is 18.2 Å². The van der Waals surface area contributed by atoms with Gasteiger partial charge in [-0.15, -0.1) is 11.3 Å². The molecule has 0 aliphatic heterocycles. The van der Waals surface area contributed by atoms with Crippen LogP contribution in [0.5, 0.6) is 0 Å². The number of hydrogen-bond acceptors (Lipinski definition) is 3. The molecule has 0 unspecified atom stereocenters. The molecule has 0 aliphatic rings. The van der Waals surface area contributed by atoms with E-state index in [0.717, 1.165) is 17.4 Å². The number of carbonyl (C=O) groups is 2. The number of benzene rings is 1. The lowest BCUT2D eigenvalue weighted by Gasteiger charge is -2.05. The third-order valence-electron chi connectivity index (χ3n) is 2.29. The normalized spacial score (nSPS) is 10.2. The van der Waals surface area contributed by atoms with E-state index in [1.807, 2.05) is 0 Å². The quantitative estimate of drug-likeness (QED) is 0.894. The average Bonchev–Trinajstić information content (AvgIpc) is 2.80. The van der Waals surface area contributed by atoms with Gasteiger partial charge in [-0.05, 0) is 45.6 Å². The van der Waals surface area contributed by atoms with Gasteiger partial charge < -0.3 is 10.4 Å². The highest BCUT2D eigenvalue weighted by molar-refractivity contribution is 9.10. The van der Waals surface area contributed by atoms with Crippen LogP contribution in [0.4, 0.5) is 10.1 Å². The molecule has 2 aromatic rings. The van der Waals surface area contributed by atoms with Crippen molar-refractivity contribution in [2.75, 3.05) is 5.32 Å². The van der Waals surface area contributed by atoms with Crippen molar-refractivity contribution in [3.05, 3.63) is 50.4 Å². The first kappa shape index (κ1) is 13.7. The Morgan fingerprint density at radius 1 is 1.32 bits per heavy atom. The number of aromatic carboxylic acids is 1. The first-order chi connectivity index (χ1) is 8.99. The van der Waals surface area contributed by atoms with Crippen LogP contribution < -0.4 is 5.32 Å². The number of anilines is 1. The highest BCUT2D eigenvalue weighted by Crippen LogP contribution is 2.23. The molecule has 2 N–H and O–H groups in total. The second-order valence-corrected chi connectivity index (χ2v) is 5.32. The monoisotopic (exact) mass is 343 g/mol. The summed E-state index contributed by atoms with van der Waals surface area (Å²) >= 11 is 3.99.